The van der Waals surface area contributed by atoms with Crippen molar-refractivity contribution in [3.8, 4) is 0 Å². The summed E-state index contributed by atoms with van der Waals surface area (Å²) in [5.41, 5.74) is 1.18. The topological polar surface area (TPSA) is 47.7 Å². The fourth-order valence-corrected chi connectivity index (χ4v) is 1.76. The smallest absolute Gasteiger partial charge is 0.0945 e. The second-order valence-electron chi connectivity index (χ2n) is 4.20. The fourth-order valence-electron chi connectivity index (χ4n) is 1.76. The Labute approximate surface area is 107 Å². The van der Waals surface area contributed by atoms with Crippen molar-refractivity contribution in [1.29, 1.82) is 0 Å². The highest BCUT2D eigenvalue weighted by Crippen LogP contribution is 1.98. The van der Waals surface area contributed by atoms with Crippen LogP contribution in [0.4, 0.5) is 0 Å². The minimum absolute atomic E-state index is 0.860. The molecule has 0 unspecified atom stereocenters. The SMILES string of the molecule is C=Cn1cc(CNCCCCn2ccnc2)cn1. The van der Waals surface area contributed by atoms with Gasteiger partial charge in [-0.05, 0) is 19.4 Å². The molecule has 0 spiro atoms. The monoisotopic (exact) mass is 245 g/mol. The van der Waals surface area contributed by atoms with Gasteiger partial charge in [-0.1, -0.05) is 6.58 Å². The van der Waals surface area contributed by atoms with E-state index in [0.29, 0.717) is 0 Å². The molecule has 5 heteroatoms. The Morgan fingerprint density at radius 1 is 1.39 bits per heavy atom. The van der Waals surface area contributed by atoms with Gasteiger partial charge < -0.3 is 9.88 Å². The molecule has 0 aromatic carbocycles. The summed E-state index contributed by atoms with van der Waals surface area (Å²) >= 11 is 0. The van der Waals surface area contributed by atoms with Crippen LogP contribution in [-0.4, -0.2) is 25.9 Å². The Kier molecular flexibility index (Phi) is 4.72. The lowest BCUT2D eigenvalue weighted by Gasteiger charge is -2.03. The molecule has 0 amide bonds. The third kappa shape index (κ3) is 3.85. The lowest BCUT2D eigenvalue weighted by molar-refractivity contribution is 0.568. The third-order valence-electron chi connectivity index (χ3n) is 2.75. The molecule has 0 fully saturated rings. The van der Waals surface area contributed by atoms with Crippen molar-refractivity contribution in [2.75, 3.05) is 6.54 Å². The quantitative estimate of drug-likeness (QED) is 0.721. The maximum atomic E-state index is 4.13. The van der Waals surface area contributed by atoms with Crippen LogP contribution in [0.5, 0.6) is 0 Å². The minimum atomic E-state index is 0.860. The van der Waals surface area contributed by atoms with E-state index in [2.05, 4.69) is 26.5 Å². The summed E-state index contributed by atoms with van der Waals surface area (Å²) < 4.78 is 3.82. The van der Waals surface area contributed by atoms with Gasteiger partial charge in [0, 0.05) is 43.4 Å². The lowest BCUT2D eigenvalue weighted by Crippen LogP contribution is -2.14. The highest BCUT2D eigenvalue weighted by atomic mass is 15.2. The van der Waals surface area contributed by atoms with E-state index >= 15 is 0 Å². The number of aryl methyl sites for hydroxylation is 1. The zero-order valence-corrected chi connectivity index (χ0v) is 10.5. The molecule has 0 atom stereocenters. The number of hydrogen-bond acceptors (Lipinski definition) is 3. The van der Waals surface area contributed by atoms with Crippen LogP contribution >= 0.6 is 0 Å². The number of hydrogen-bond donors (Lipinski definition) is 1. The van der Waals surface area contributed by atoms with Crippen molar-refractivity contribution >= 4 is 6.20 Å². The first-order valence-electron chi connectivity index (χ1n) is 6.20. The highest BCUT2D eigenvalue weighted by Gasteiger charge is 1.96. The van der Waals surface area contributed by atoms with E-state index < -0.39 is 0 Å². The molecule has 18 heavy (non-hydrogen) atoms. The second kappa shape index (κ2) is 6.76. The minimum Gasteiger partial charge on any atom is -0.337 e. The molecule has 0 aliphatic carbocycles. The van der Waals surface area contributed by atoms with E-state index in [9.17, 15) is 0 Å². The first kappa shape index (κ1) is 12.6. The summed E-state index contributed by atoms with van der Waals surface area (Å²) in [6.07, 6.45) is 13.5. The van der Waals surface area contributed by atoms with Crippen LogP contribution in [0.1, 0.15) is 18.4 Å². The summed E-state index contributed by atoms with van der Waals surface area (Å²) in [5.74, 6) is 0. The van der Waals surface area contributed by atoms with Gasteiger partial charge in [-0.3, -0.25) is 0 Å². The van der Waals surface area contributed by atoms with Crippen molar-refractivity contribution < 1.29 is 0 Å². The Morgan fingerprint density at radius 3 is 3.06 bits per heavy atom. The number of nitrogens with one attached hydrogen (secondary N) is 1. The number of unbranched alkanes of at least 4 members (excludes halogenated alkanes) is 1. The van der Waals surface area contributed by atoms with Gasteiger partial charge in [0.2, 0.25) is 0 Å². The number of nitrogens with zero attached hydrogens (tertiary/aromatic N) is 4. The predicted molar refractivity (Wildman–Crippen MR) is 71.8 cm³/mol. The van der Waals surface area contributed by atoms with Gasteiger partial charge in [0.15, 0.2) is 0 Å². The van der Waals surface area contributed by atoms with Crippen molar-refractivity contribution in [3.63, 3.8) is 0 Å². The van der Waals surface area contributed by atoms with Gasteiger partial charge in [0.05, 0.1) is 12.5 Å². The Morgan fingerprint density at radius 2 is 2.33 bits per heavy atom. The molecule has 2 aromatic rings. The number of imidazole rings is 1. The molecule has 0 saturated carbocycles. The summed E-state index contributed by atoms with van der Waals surface area (Å²) in [6.45, 7) is 6.58. The molecule has 96 valence electrons. The highest BCUT2D eigenvalue weighted by molar-refractivity contribution is 5.17. The number of aromatic nitrogens is 4. The summed E-state index contributed by atoms with van der Waals surface area (Å²) in [4.78, 5) is 4.02. The standard InChI is InChI=1S/C13H19N5/c1-2-18-11-13(10-16-18)9-14-5-3-4-7-17-8-6-15-12-17/h2,6,8,10-12,14H,1,3-5,7,9H2. The molecule has 5 nitrogen and oxygen atoms in total. The molecule has 0 saturated heterocycles. The molecule has 0 radical (unpaired) electrons. The van der Waals surface area contributed by atoms with E-state index in [0.717, 1.165) is 32.5 Å². The van der Waals surface area contributed by atoms with Crippen LogP contribution in [-0.2, 0) is 13.1 Å². The maximum Gasteiger partial charge on any atom is 0.0945 e. The van der Waals surface area contributed by atoms with Gasteiger partial charge in [-0.2, -0.15) is 5.10 Å². The average Bonchev–Trinajstić information content (AvgIpc) is 3.04. The van der Waals surface area contributed by atoms with Gasteiger partial charge in [0.25, 0.3) is 0 Å². The number of rotatable bonds is 8. The molecular formula is C13H19N5. The lowest BCUT2D eigenvalue weighted by atomic mass is 10.3. The summed E-state index contributed by atoms with van der Waals surface area (Å²) in [5, 5.41) is 7.54. The van der Waals surface area contributed by atoms with Crippen molar-refractivity contribution in [1.82, 2.24) is 24.6 Å². The molecule has 1 N–H and O–H groups in total. The Hall–Kier alpha value is -1.88. The normalized spacial score (nSPS) is 10.7. The van der Waals surface area contributed by atoms with Gasteiger partial charge in [-0.15, -0.1) is 0 Å². The molecule has 0 bridgehead atoms. The molecular weight excluding hydrogens is 226 g/mol. The van der Waals surface area contributed by atoms with Crippen LogP contribution in [0.2, 0.25) is 0 Å². The van der Waals surface area contributed by atoms with Gasteiger partial charge in [0.1, 0.15) is 0 Å². The zero-order chi connectivity index (χ0) is 12.6. The van der Waals surface area contributed by atoms with E-state index in [1.165, 1.54) is 5.56 Å². The maximum absolute atomic E-state index is 4.13. The largest absolute Gasteiger partial charge is 0.337 e. The fraction of sp³-hybridized carbons (Fsp3) is 0.385. The van der Waals surface area contributed by atoms with Crippen molar-refractivity contribution in [3.05, 3.63) is 43.3 Å². The van der Waals surface area contributed by atoms with Crippen LogP contribution < -0.4 is 5.32 Å². The Balaban J connectivity index is 1.54. The van der Waals surface area contributed by atoms with E-state index in [1.54, 1.807) is 10.9 Å². The summed E-state index contributed by atoms with van der Waals surface area (Å²) in [7, 11) is 0. The molecule has 2 heterocycles. The van der Waals surface area contributed by atoms with Crippen LogP contribution in [0.15, 0.2) is 37.7 Å². The first-order valence-corrected chi connectivity index (χ1v) is 6.20. The van der Waals surface area contributed by atoms with Crippen molar-refractivity contribution in [2.45, 2.75) is 25.9 Å². The molecule has 2 rings (SSSR count). The predicted octanol–water partition coefficient (Wildman–Crippen LogP) is 1.75. The Bertz CT molecular complexity index is 457. The van der Waals surface area contributed by atoms with E-state index in [-0.39, 0.29) is 0 Å². The molecule has 0 aliphatic heterocycles. The first-order chi connectivity index (χ1) is 8.88. The average molecular weight is 245 g/mol. The third-order valence-corrected chi connectivity index (χ3v) is 2.75. The second-order valence-corrected chi connectivity index (χ2v) is 4.20. The van der Waals surface area contributed by atoms with Crippen LogP contribution in [0.3, 0.4) is 0 Å². The van der Waals surface area contributed by atoms with Crippen LogP contribution in [0, 0.1) is 0 Å². The molecule has 0 aliphatic rings. The van der Waals surface area contributed by atoms with Gasteiger partial charge >= 0.3 is 0 Å². The zero-order valence-electron chi connectivity index (χ0n) is 10.5. The van der Waals surface area contributed by atoms with Crippen molar-refractivity contribution in [2.24, 2.45) is 0 Å². The van der Waals surface area contributed by atoms with Gasteiger partial charge in [-0.25, -0.2) is 9.67 Å². The van der Waals surface area contributed by atoms with E-state index in [4.69, 9.17) is 0 Å². The van der Waals surface area contributed by atoms with Crippen LogP contribution in [0.25, 0.3) is 6.20 Å². The van der Waals surface area contributed by atoms with E-state index in [1.807, 2.05) is 31.1 Å². The molecule has 2 aromatic heterocycles. The summed E-state index contributed by atoms with van der Waals surface area (Å²) in [6, 6.07) is 0.